The van der Waals surface area contributed by atoms with E-state index < -0.39 is 17.4 Å². The standard InChI is InChI=1S/C16H19N3O3/c1-4-16(15(21)22,12-8-6-5-7-9-12)17-14(20)13-10-11(2)19(3)18-13/h5-10H,4H2,1-3H3,(H,17,20)(H,21,22). The van der Waals surface area contributed by atoms with Crippen LogP contribution in [-0.2, 0) is 17.4 Å². The second-order valence-electron chi connectivity index (χ2n) is 5.18. The number of carbonyl (C=O) groups is 2. The molecule has 1 unspecified atom stereocenters. The first kappa shape index (κ1) is 15.8. The van der Waals surface area contributed by atoms with Gasteiger partial charge in [-0.1, -0.05) is 37.3 Å². The number of carboxylic acid groups (broad SMARTS) is 1. The van der Waals surface area contributed by atoms with Gasteiger partial charge in [0.15, 0.2) is 5.54 Å². The highest BCUT2D eigenvalue weighted by atomic mass is 16.4. The highest BCUT2D eigenvalue weighted by Gasteiger charge is 2.40. The van der Waals surface area contributed by atoms with Crippen molar-refractivity contribution in [3.05, 3.63) is 53.3 Å². The Labute approximate surface area is 128 Å². The lowest BCUT2D eigenvalue weighted by Gasteiger charge is -2.29. The van der Waals surface area contributed by atoms with Crippen LogP contribution in [0.15, 0.2) is 36.4 Å². The van der Waals surface area contributed by atoms with Gasteiger partial charge in [0.1, 0.15) is 5.69 Å². The van der Waals surface area contributed by atoms with E-state index >= 15 is 0 Å². The fraction of sp³-hybridized carbons (Fsp3) is 0.312. The van der Waals surface area contributed by atoms with Crippen LogP contribution >= 0.6 is 0 Å². The molecule has 0 aliphatic rings. The lowest BCUT2D eigenvalue weighted by molar-refractivity contribution is -0.145. The highest BCUT2D eigenvalue weighted by molar-refractivity contribution is 5.96. The van der Waals surface area contributed by atoms with Crippen LogP contribution in [0, 0.1) is 6.92 Å². The van der Waals surface area contributed by atoms with Crippen molar-refractivity contribution in [1.82, 2.24) is 15.1 Å². The average molecular weight is 301 g/mol. The first-order valence-corrected chi connectivity index (χ1v) is 7.02. The number of rotatable bonds is 5. The van der Waals surface area contributed by atoms with Crippen molar-refractivity contribution in [2.45, 2.75) is 25.8 Å². The summed E-state index contributed by atoms with van der Waals surface area (Å²) in [6, 6.07) is 10.3. The normalized spacial score (nSPS) is 13.4. The number of aliphatic carboxylic acids is 1. The Balaban J connectivity index is 2.39. The molecule has 0 aliphatic carbocycles. The van der Waals surface area contributed by atoms with Crippen LogP contribution in [0.5, 0.6) is 0 Å². The SMILES string of the molecule is CCC(NC(=O)c1cc(C)n(C)n1)(C(=O)O)c1ccccc1. The summed E-state index contributed by atoms with van der Waals surface area (Å²) >= 11 is 0. The molecular weight excluding hydrogens is 282 g/mol. The molecule has 0 saturated heterocycles. The monoisotopic (exact) mass is 301 g/mol. The van der Waals surface area contributed by atoms with E-state index in [4.69, 9.17) is 0 Å². The van der Waals surface area contributed by atoms with Crippen LogP contribution in [0.2, 0.25) is 0 Å². The summed E-state index contributed by atoms with van der Waals surface area (Å²) in [6.45, 7) is 3.55. The summed E-state index contributed by atoms with van der Waals surface area (Å²) in [5.41, 5.74) is 0.0901. The molecule has 2 aromatic rings. The van der Waals surface area contributed by atoms with Gasteiger partial charge in [-0.15, -0.1) is 0 Å². The zero-order valence-electron chi connectivity index (χ0n) is 12.8. The van der Waals surface area contributed by atoms with Crippen LogP contribution in [-0.4, -0.2) is 26.8 Å². The van der Waals surface area contributed by atoms with Crippen molar-refractivity contribution < 1.29 is 14.7 Å². The van der Waals surface area contributed by atoms with Gasteiger partial charge in [0.25, 0.3) is 5.91 Å². The topological polar surface area (TPSA) is 84.2 Å². The zero-order chi connectivity index (χ0) is 16.3. The average Bonchev–Trinajstić information content (AvgIpc) is 2.85. The van der Waals surface area contributed by atoms with Crippen LogP contribution in [0.25, 0.3) is 0 Å². The number of nitrogens with zero attached hydrogens (tertiary/aromatic N) is 2. The van der Waals surface area contributed by atoms with Crippen LogP contribution < -0.4 is 5.32 Å². The second kappa shape index (κ2) is 6.01. The van der Waals surface area contributed by atoms with E-state index in [1.165, 1.54) is 0 Å². The zero-order valence-corrected chi connectivity index (χ0v) is 12.8. The number of amides is 1. The summed E-state index contributed by atoms with van der Waals surface area (Å²) < 4.78 is 1.58. The first-order chi connectivity index (χ1) is 10.4. The summed E-state index contributed by atoms with van der Waals surface area (Å²) in [5.74, 6) is -1.60. The number of hydrogen-bond donors (Lipinski definition) is 2. The Bertz CT molecular complexity index is 674. The predicted molar refractivity (Wildman–Crippen MR) is 81.5 cm³/mol. The molecule has 0 radical (unpaired) electrons. The Morgan fingerprint density at radius 1 is 1.32 bits per heavy atom. The van der Waals surface area contributed by atoms with E-state index in [-0.39, 0.29) is 12.1 Å². The predicted octanol–water partition coefficient (Wildman–Crippen LogP) is 1.85. The molecule has 116 valence electrons. The molecule has 1 amide bonds. The molecule has 1 atom stereocenters. The molecule has 6 nitrogen and oxygen atoms in total. The molecular formula is C16H19N3O3. The van der Waals surface area contributed by atoms with Gasteiger partial charge in [0.2, 0.25) is 0 Å². The van der Waals surface area contributed by atoms with E-state index in [1.54, 1.807) is 55.1 Å². The minimum atomic E-state index is -1.47. The lowest BCUT2D eigenvalue weighted by atomic mass is 9.87. The molecule has 2 N–H and O–H groups in total. The van der Waals surface area contributed by atoms with E-state index in [1.807, 2.05) is 6.92 Å². The molecule has 2 rings (SSSR count). The van der Waals surface area contributed by atoms with Crippen molar-refractivity contribution in [3.8, 4) is 0 Å². The largest absolute Gasteiger partial charge is 0.479 e. The van der Waals surface area contributed by atoms with Crippen LogP contribution in [0.1, 0.15) is 35.1 Å². The van der Waals surface area contributed by atoms with Crippen LogP contribution in [0.4, 0.5) is 0 Å². The Morgan fingerprint density at radius 3 is 2.41 bits per heavy atom. The molecule has 0 aliphatic heterocycles. The fourth-order valence-electron chi connectivity index (χ4n) is 2.34. The molecule has 1 aromatic heterocycles. The van der Waals surface area contributed by atoms with E-state index in [0.29, 0.717) is 5.56 Å². The third-order valence-electron chi connectivity index (χ3n) is 3.84. The molecule has 0 spiro atoms. The minimum absolute atomic E-state index is 0.204. The summed E-state index contributed by atoms with van der Waals surface area (Å²) in [4.78, 5) is 24.3. The van der Waals surface area contributed by atoms with Gasteiger partial charge in [-0.05, 0) is 25.0 Å². The number of hydrogen-bond acceptors (Lipinski definition) is 3. The summed E-state index contributed by atoms with van der Waals surface area (Å²) in [7, 11) is 1.73. The van der Waals surface area contributed by atoms with Gasteiger partial charge in [-0.2, -0.15) is 5.10 Å². The number of benzene rings is 1. The van der Waals surface area contributed by atoms with Crippen molar-refractivity contribution >= 4 is 11.9 Å². The molecule has 0 saturated carbocycles. The smallest absolute Gasteiger partial charge is 0.334 e. The van der Waals surface area contributed by atoms with Gasteiger partial charge in [-0.3, -0.25) is 9.48 Å². The highest BCUT2D eigenvalue weighted by Crippen LogP contribution is 2.26. The third kappa shape index (κ3) is 2.72. The summed E-state index contributed by atoms with van der Waals surface area (Å²) in [6.07, 6.45) is 0.226. The fourth-order valence-corrected chi connectivity index (χ4v) is 2.34. The molecule has 1 aromatic carbocycles. The molecule has 1 heterocycles. The summed E-state index contributed by atoms with van der Waals surface area (Å²) in [5, 5.41) is 16.4. The van der Waals surface area contributed by atoms with E-state index in [9.17, 15) is 14.7 Å². The number of carbonyl (C=O) groups excluding carboxylic acids is 1. The molecule has 0 fully saturated rings. The van der Waals surface area contributed by atoms with Crippen molar-refractivity contribution in [2.75, 3.05) is 0 Å². The van der Waals surface area contributed by atoms with Crippen molar-refractivity contribution in [2.24, 2.45) is 7.05 Å². The maximum Gasteiger partial charge on any atom is 0.334 e. The Morgan fingerprint density at radius 2 is 1.95 bits per heavy atom. The molecule has 0 bridgehead atoms. The third-order valence-corrected chi connectivity index (χ3v) is 3.84. The van der Waals surface area contributed by atoms with E-state index in [2.05, 4.69) is 10.4 Å². The number of aryl methyl sites for hydroxylation is 2. The minimum Gasteiger partial charge on any atom is -0.479 e. The van der Waals surface area contributed by atoms with Crippen molar-refractivity contribution in [1.29, 1.82) is 0 Å². The second-order valence-corrected chi connectivity index (χ2v) is 5.18. The number of aromatic nitrogens is 2. The van der Waals surface area contributed by atoms with Gasteiger partial charge in [-0.25, -0.2) is 4.79 Å². The molecule has 22 heavy (non-hydrogen) atoms. The van der Waals surface area contributed by atoms with Crippen molar-refractivity contribution in [3.63, 3.8) is 0 Å². The maximum atomic E-state index is 12.4. The van der Waals surface area contributed by atoms with Gasteiger partial charge < -0.3 is 10.4 Å². The van der Waals surface area contributed by atoms with E-state index in [0.717, 1.165) is 5.69 Å². The Kier molecular flexibility index (Phi) is 4.30. The number of carboxylic acids is 1. The molecule has 6 heteroatoms. The van der Waals surface area contributed by atoms with Gasteiger partial charge in [0, 0.05) is 12.7 Å². The van der Waals surface area contributed by atoms with Gasteiger partial charge in [0.05, 0.1) is 0 Å². The number of nitrogens with one attached hydrogen (secondary N) is 1. The Hall–Kier alpha value is -2.63. The van der Waals surface area contributed by atoms with Crippen LogP contribution in [0.3, 0.4) is 0 Å². The van der Waals surface area contributed by atoms with Gasteiger partial charge >= 0.3 is 5.97 Å². The first-order valence-electron chi connectivity index (χ1n) is 7.02. The lowest BCUT2D eigenvalue weighted by Crippen LogP contribution is -2.51. The quantitative estimate of drug-likeness (QED) is 0.882. The maximum absolute atomic E-state index is 12.4.